The Bertz CT molecular complexity index is 1480. The highest BCUT2D eigenvalue weighted by atomic mass is 19.1. The maximum absolute atomic E-state index is 14.1. The Hall–Kier alpha value is -4.59. The van der Waals surface area contributed by atoms with Crippen molar-refractivity contribution in [3.63, 3.8) is 0 Å². The van der Waals surface area contributed by atoms with Gasteiger partial charge < -0.3 is 5.11 Å². The van der Waals surface area contributed by atoms with Crippen molar-refractivity contribution in [1.82, 2.24) is 9.78 Å². The summed E-state index contributed by atoms with van der Waals surface area (Å²) >= 11 is 0. The number of halogens is 1. The summed E-state index contributed by atoms with van der Waals surface area (Å²) in [6, 6.07) is 16.3. The highest BCUT2D eigenvalue weighted by molar-refractivity contribution is 5.77. The number of aromatic nitrogens is 2. The molecule has 4 aromatic rings. The van der Waals surface area contributed by atoms with Gasteiger partial charge in [-0.2, -0.15) is 0 Å². The monoisotopic (exact) mass is 456 g/mol. The molecular weight excluding hydrogens is 435 g/mol. The molecule has 3 aromatic carbocycles. The van der Waals surface area contributed by atoms with E-state index in [1.807, 2.05) is 0 Å². The lowest BCUT2D eigenvalue weighted by molar-refractivity contribution is 0.112. The minimum atomic E-state index is -0.449. The predicted octanol–water partition coefficient (Wildman–Crippen LogP) is 6.03. The first-order valence-corrected chi connectivity index (χ1v) is 10.4. The van der Waals surface area contributed by atoms with Crippen LogP contribution in [0.3, 0.4) is 0 Å². The number of aryl methyl sites for hydroxylation is 2. The Morgan fingerprint density at radius 1 is 1.00 bits per heavy atom. The van der Waals surface area contributed by atoms with E-state index in [4.69, 9.17) is 0 Å². The van der Waals surface area contributed by atoms with E-state index in [9.17, 15) is 19.1 Å². The second-order valence-corrected chi connectivity index (χ2v) is 7.66. The number of rotatable bonds is 6. The van der Waals surface area contributed by atoms with Gasteiger partial charge in [0.25, 0.3) is 5.56 Å². The summed E-state index contributed by atoms with van der Waals surface area (Å²) in [7, 11) is 0. The van der Waals surface area contributed by atoms with E-state index in [0.29, 0.717) is 34.4 Å². The fourth-order valence-corrected chi connectivity index (χ4v) is 3.47. The average Bonchev–Trinajstić information content (AvgIpc) is 3.12. The number of benzene rings is 3. The first-order chi connectivity index (χ1) is 16.4. The third kappa shape index (κ3) is 4.47. The molecule has 0 aliphatic rings. The largest absolute Gasteiger partial charge is 0.505 e. The number of aromatic hydroxyl groups is 1. The van der Waals surface area contributed by atoms with Gasteiger partial charge in [-0.15, -0.1) is 10.2 Å². The Labute approximate surface area is 194 Å². The minimum absolute atomic E-state index is 0.0684. The lowest BCUT2D eigenvalue weighted by atomic mass is 10.1. The van der Waals surface area contributed by atoms with Crippen molar-refractivity contribution in [3.05, 3.63) is 105 Å². The molecular formula is C26H21FN4O3. The SMILES string of the molecule is Cc1cccc(F)c1/C=C/c1cccc(N=Nc2c(C)[nH]n(-c3cccc(C=O)c3)c2=O)c1O. The number of aromatic amines is 1. The minimum Gasteiger partial charge on any atom is -0.505 e. The number of H-pyrrole nitrogens is 1. The van der Waals surface area contributed by atoms with Crippen LogP contribution in [0.4, 0.5) is 15.8 Å². The topological polar surface area (TPSA) is 99.8 Å². The zero-order chi connectivity index (χ0) is 24.2. The number of aldehydes is 1. The summed E-state index contributed by atoms with van der Waals surface area (Å²) in [4.78, 5) is 23.9. The molecule has 0 aliphatic carbocycles. The van der Waals surface area contributed by atoms with Gasteiger partial charge in [-0.05, 0) is 43.7 Å². The highest BCUT2D eigenvalue weighted by Crippen LogP contribution is 2.33. The summed E-state index contributed by atoms with van der Waals surface area (Å²) in [5.41, 5.74) is 2.78. The molecule has 34 heavy (non-hydrogen) atoms. The molecule has 4 rings (SSSR count). The molecule has 8 heteroatoms. The van der Waals surface area contributed by atoms with Crippen LogP contribution in [-0.4, -0.2) is 21.2 Å². The van der Waals surface area contributed by atoms with Crippen LogP contribution < -0.4 is 5.56 Å². The van der Waals surface area contributed by atoms with Gasteiger partial charge in [0.2, 0.25) is 0 Å². The van der Waals surface area contributed by atoms with Gasteiger partial charge in [-0.25, -0.2) is 9.07 Å². The molecule has 0 atom stereocenters. The lowest BCUT2D eigenvalue weighted by Crippen LogP contribution is -2.14. The maximum atomic E-state index is 14.1. The number of nitrogens with zero attached hydrogens (tertiary/aromatic N) is 3. The standard InChI is InChI=1S/C26H21FN4O3/c1-16-6-3-10-22(27)21(16)13-12-19-8-5-11-23(25(19)33)28-29-24-17(2)30-31(26(24)34)20-9-4-7-18(14-20)15-32/h3-15,30,33H,1-2H3/b13-12+,29-28?. The number of para-hydroxylation sites is 1. The van der Waals surface area contributed by atoms with Crippen molar-refractivity contribution >= 4 is 29.8 Å². The number of hydrogen-bond donors (Lipinski definition) is 2. The molecule has 0 fully saturated rings. The third-order valence-electron chi connectivity index (χ3n) is 5.31. The normalized spacial score (nSPS) is 11.5. The number of phenols is 1. The zero-order valence-electron chi connectivity index (χ0n) is 18.5. The molecule has 0 spiro atoms. The number of azo groups is 1. The fourth-order valence-electron chi connectivity index (χ4n) is 3.47. The molecule has 1 aromatic heterocycles. The van der Waals surface area contributed by atoms with Crippen molar-refractivity contribution in [1.29, 1.82) is 0 Å². The van der Waals surface area contributed by atoms with Crippen LogP contribution in [-0.2, 0) is 0 Å². The van der Waals surface area contributed by atoms with Gasteiger partial charge in [0, 0.05) is 16.7 Å². The molecule has 0 radical (unpaired) electrons. The molecule has 0 saturated heterocycles. The van der Waals surface area contributed by atoms with Crippen LogP contribution >= 0.6 is 0 Å². The van der Waals surface area contributed by atoms with Crippen molar-refractivity contribution in [2.45, 2.75) is 13.8 Å². The van der Waals surface area contributed by atoms with Crippen LogP contribution in [0.15, 0.2) is 75.7 Å². The highest BCUT2D eigenvalue weighted by Gasteiger charge is 2.13. The zero-order valence-corrected chi connectivity index (χ0v) is 18.5. The predicted molar refractivity (Wildman–Crippen MR) is 129 cm³/mol. The van der Waals surface area contributed by atoms with Gasteiger partial charge in [0.1, 0.15) is 23.5 Å². The third-order valence-corrected chi connectivity index (χ3v) is 5.31. The van der Waals surface area contributed by atoms with E-state index in [1.165, 1.54) is 10.7 Å². The van der Waals surface area contributed by atoms with Crippen molar-refractivity contribution < 1.29 is 14.3 Å². The first-order valence-electron chi connectivity index (χ1n) is 10.4. The molecule has 2 N–H and O–H groups in total. The lowest BCUT2D eigenvalue weighted by Gasteiger charge is -2.04. The fraction of sp³-hybridized carbons (Fsp3) is 0.0769. The molecule has 0 saturated carbocycles. The van der Waals surface area contributed by atoms with Crippen LogP contribution in [0.25, 0.3) is 17.8 Å². The Morgan fingerprint density at radius 2 is 1.76 bits per heavy atom. The van der Waals surface area contributed by atoms with Crippen molar-refractivity contribution in [3.8, 4) is 11.4 Å². The molecule has 170 valence electrons. The first kappa shape index (κ1) is 22.6. The Balaban J connectivity index is 1.65. The molecule has 0 amide bonds. The van der Waals surface area contributed by atoms with Crippen molar-refractivity contribution in [2.24, 2.45) is 10.2 Å². The van der Waals surface area contributed by atoms with Gasteiger partial charge in [-0.1, -0.05) is 48.6 Å². The van der Waals surface area contributed by atoms with Crippen LogP contribution in [0.5, 0.6) is 5.75 Å². The van der Waals surface area contributed by atoms with Crippen molar-refractivity contribution in [2.75, 3.05) is 0 Å². The van der Waals surface area contributed by atoms with Gasteiger partial charge in [0.15, 0.2) is 5.69 Å². The Kier molecular flexibility index (Phi) is 6.31. The van der Waals surface area contributed by atoms with Crippen LogP contribution in [0.2, 0.25) is 0 Å². The molecule has 0 bridgehead atoms. The number of nitrogens with one attached hydrogen (secondary N) is 1. The summed E-state index contributed by atoms with van der Waals surface area (Å²) in [6.45, 7) is 3.47. The summed E-state index contributed by atoms with van der Waals surface area (Å²) in [5.74, 6) is -0.506. The quantitative estimate of drug-likeness (QED) is 0.211. The van der Waals surface area contributed by atoms with E-state index in [-0.39, 0.29) is 22.9 Å². The number of phenolic OH excluding ortho intramolecular Hbond substituents is 1. The van der Waals surface area contributed by atoms with E-state index in [2.05, 4.69) is 15.3 Å². The number of carbonyl (C=O) groups is 1. The average molecular weight is 456 g/mol. The molecule has 0 unspecified atom stereocenters. The van der Waals surface area contributed by atoms with Crippen LogP contribution in [0.1, 0.15) is 32.7 Å². The summed E-state index contributed by atoms with van der Waals surface area (Å²) in [5, 5.41) is 21.7. The van der Waals surface area contributed by atoms with Gasteiger partial charge in [0.05, 0.1) is 11.4 Å². The second-order valence-electron chi connectivity index (χ2n) is 7.66. The summed E-state index contributed by atoms with van der Waals surface area (Å²) in [6.07, 6.45) is 3.88. The number of hydrogen-bond acceptors (Lipinski definition) is 5. The summed E-state index contributed by atoms with van der Waals surface area (Å²) < 4.78 is 15.4. The smallest absolute Gasteiger partial charge is 0.299 e. The second kappa shape index (κ2) is 9.50. The Morgan fingerprint density at radius 3 is 2.53 bits per heavy atom. The molecule has 0 aliphatic heterocycles. The van der Waals surface area contributed by atoms with E-state index >= 15 is 0 Å². The van der Waals surface area contributed by atoms with E-state index in [1.54, 1.807) is 80.6 Å². The molecule has 7 nitrogen and oxygen atoms in total. The molecule has 1 heterocycles. The van der Waals surface area contributed by atoms with Crippen LogP contribution in [0, 0.1) is 19.7 Å². The van der Waals surface area contributed by atoms with Gasteiger partial charge >= 0.3 is 0 Å². The van der Waals surface area contributed by atoms with E-state index in [0.717, 1.165) is 5.56 Å². The van der Waals surface area contributed by atoms with Gasteiger partial charge in [-0.3, -0.25) is 14.7 Å². The number of carbonyl (C=O) groups excluding carboxylic acids is 1. The maximum Gasteiger partial charge on any atom is 0.299 e. The van der Waals surface area contributed by atoms with E-state index < -0.39 is 5.56 Å².